The lowest BCUT2D eigenvalue weighted by molar-refractivity contribution is -0.153. The second-order valence-electron chi connectivity index (χ2n) is 4.53. The van der Waals surface area contributed by atoms with Crippen LogP contribution in [0.4, 0.5) is 18.9 Å². The maximum absolute atomic E-state index is 12.1. The van der Waals surface area contributed by atoms with Crippen molar-refractivity contribution in [2.75, 3.05) is 11.9 Å². The summed E-state index contributed by atoms with van der Waals surface area (Å²) in [5.41, 5.74) is 0.647. The molecule has 1 aliphatic rings. The van der Waals surface area contributed by atoms with E-state index < -0.39 is 12.8 Å². The molecule has 2 nitrogen and oxygen atoms in total. The van der Waals surface area contributed by atoms with Crippen molar-refractivity contribution in [3.05, 3.63) is 24.3 Å². The van der Waals surface area contributed by atoms with Crippen LogP contribution in [-0.4, -0.2) is 18.8 Å². The quantitative estimate of drug-likeness (QED) is 0.883. The molecule has 0 radical (unpaired) electrons. The highest BCUT2D eigenvalue weighted by Crippen LogP contribution is 2.29. The first-order valence-electron chi connectivity index (χ1n) is 6.10. The Labute approximate surface area is 104 Å². The normalized spacial score (nSPS) is 16.8. The first-order valence-corrected chi connectivity index (χ1v) is 6.10. The molecule has 100 valence electrons. The first kappa shape index (κ1) is 13.1. The van der Waals surface area contributed by atoms with E-state index in [0.29, 0.717) is 11.7 Å². The standard InChI is InChI=1S/C13H16F3NO/c14-13(15,16)9-18-12-8-4-3-7-11(12)17-10-5-1-2-6-10/h3-4,7-8,10,17H,1-2,5-6,9H2. The van der Waals surface area contributed by atoms with Crippen molar-refractivity contribution in [2.24, 2.45) is 0 Å². The van der Waals surface area contributed by atoms with Crippen molar-refractivity contribution in [3.8, 4) is 5.75 Å². The molecule has 0 amide bonds. The summed E-state index contributed by atoms with van der Waals surface area (Å²) in [4.78, 5) is 0. The summed E-state index contributed by atoms with van der Waals surface area (Å²) in [5, 5.41) is 3.25. The molecule has 1 aliphatic carbocycles. The van der Waals surface area contributed by atoms with Gasteiger partial charge in [0.1, 0.15) is 5.75 Å². The molecule has 2 rings (SSSR count). The van der Waals surface area contributed by atoms with Crippen LogP contribution in [-0.2, 0) is 0 Å². The lowest BCUT2D eigenvalue weighted by Crippen LogP contribution is -2.21. The fourth-order valence-corrected chi connectivity index (χ4v) is 2.16. The summed E-state index contributed by atoms with van der Waals surface area (Å²) < 4.78 is 41.2. The maximum atomic E-state index is 12.1. The van der Waals surface area contributed by atoms with Crippen molar-refractivity contribution in [2.45, 2.75) is 37.9 Å². The summed E-state index contributed by atoms with van der Waals surface area (Å²) in [5.74, 6) is 0.265. The lowest BCUT2D eigenvalue weighted by atomic mass is 10.2. The van der Waals surface area contributed by atoms with Gasteiger partial charge in [-0.1, -0.05) is 25.0 Å². The summed E-state index contributed by atoms with van der Waals surface area (Å²) in [7, 11) is 0. The SMILES string of the molecule is FC(F)(F)COc1ccccc1NC1CCCC1. The highest BCUT2D eigenvalue weighted by Gasteiger charge is 2.29. The van der Waals surface area contributed by atoms with Gasteiger partial charge in [0.05, 0.1) is 5.69 Å². The molecule has 0 aliphatic heterocycles. The molecule has 0 aromatic heterocycles. The minimum absolute atomic E-state index is 0.265. The Hall–Kier alpha value is -1.39. The minimum atomic E-state index is -4.31. The fraction of sp³-hybridized carbons (Fsp3) is 0.538. The number of benzene rings is 1. The third-order valence-electron chi connectivity index (χ3n) is 2.99. The number of alkyl halides is 3. The molecule has 0 spiro atoms. The minimum Gasteiger partial charge on any atom is -0.482 e. The third kappa shape index (κ3) is 3.82. The van der Waals surface area contributed by atoms with Gasteiger partial charge in [0.25, 0.3) is 0 Å². The van der Waals surface area contributed by atoms with Gasteiger partial charge >= 0.3 is 6.18 Å². The van der Waals surface area contributed by atoms with E-state index in [1.54, 1.807) is 24.3 Å². The molecule has 0 atom stereocenters. The lowest BCUT2D eigenvalue weighted by Gasteiger charge is -2.18. The molecule has 1 aromatic carbocycles. The number of ether oxygens (including phenoxy) is 1. The summed E-state index contributed by atoms with van der Waals surface area (Å²) >= 11 is 0. The molecule has 1 fully saturated rings. The van der Waals surface area contributed by atoms with E-state index in [4.69, 9.17) is 4.74 Å². The van der Waals surface area contributed by atoms with Gasteiger partial charge in [0.2, 0.25) is 0 Å². The number of hydrogen-bond donors (Lipinski definition) is 1. The Morgan fingerprint density at radius 2 is 1.83 bits per heavy atom. The molecular weight excluding hydrogens is 243 g/mol. The second kappa shape index (κ2) is 5.50. The van der Waals surface area contributed by atoms with Crippen LogP contribution in [0.5, 0.6) is 5.75 Å². The van der Waals surface area contributed by atoms with Crippen LogP contribution in [0.25, 0.3) is 0 Å². The van der Waals surface area contributed by atoms with Gasteiger partial charge in [-0.15, -0.1) is 0 Å². The largest absolute Gasteiger partial charge is 0.482 e. The van der Waals surface area contributed by atoms with E-state index in [1.165, 1.54) is 12.8 Å². The van der Waals surface area contributed by atoms with Gasteiger partial charge in [0.15, 0.2) is 6.61 Å². The Kier molecular flexibility index (Phi) is 3.99. The maximum Gasteiger partial charge on any atom is 0.422 e. The second-order valence-corrected chi connectivity index (χ2v) is 4.53. The number of nitrogens with one attached hydrogen (secondary N) is 1. The molecule has 5 heteroatoms. The summed E-state index contributed by atoms with van der Waals surface area (Å²) in [6, 6.07) is 7.12. The predicted octanol–water partition coefficient (Wildman–Crippen LogP) is 3.98. The highest BCUT2D eigenvalue weighted by molar-refractivity contribution is 5.56. The van der Waals surface area contributed by atoms with E-state index in [1.807, 2.05) is 0 Å². The monoisotopic (exact) mass is 259 g/mol. The molecule has 1 saturated carbocycles. The average molecular weight is 259 g/mol. The molecule has 1 N–H and O–H groups in total. The van der Waals surface area contributed by atoms with Crippen LogP contribution in [0.2, 0.25) is 0 Å². The van der Waals surface area contributed by atoms with E-state index >= 15 is 0 Å². The van der Waals surface area contributed by atoms with Gasteiger partial charge in [-0.2, -0.15) is 13.2 Å². The Morgan fingerprint density at radius 1 is 1.17 bits per heavy atom. The van der Waals surface area contributed by atoms with Gasteiger partial charge in [0, 0.05) is 6.04 Å². The average Bonchev–Trinajstić information content (AvgIpc) is 2.80. The predicted molar refractivity (Wildman–Crippen MR) is 63.9 cm³/mol. The number of halogens is 3. The van der Waals surface area contributed by atoms with Crippen molar-refractivity contribution < 1.29 is 17.9 Å². The summed E-state index contributed by atoms with van der Waals surface area (Å²) in [6.45, 7) is -1.25. The van der Waals surface area contributed by atoms with Crippen LogP contribution in [0.3, 0.4) is 0 Å². The van der Waals surface area contributed by atoms with Crippen LogP contribution >= 0.6 is 0 Å². The highest BCUT2D eigenvalue weighted by atomic mass is 19.4. The van der Waals surface area contributed by atoms with E-state index in [9.17, 15) is 13.2 Å². The van der Waals surface area contributed by atoms with E-state index in [0.717, 1.165) is 12.8 Å². The molecule has 0 heterocycles. The third-order valence-corrected chi connectivity index (χ3v) is 2.99. The first-order chi connectivity index (χ1) is 8.54. The van der Waals surface area contributed by atoms with Crippen molar-refractivity contribution in [3.63, 3.8) is 0 Å². The Bertz CT molecular complexity index is 386. The van der Waals surface area contributed by atoms with Crippen molar-refractivity contribution in [1.82, 2.24) is 0 Å². The smallest absolute Gasteiger partial charge is 0.422 e. The van der Waals surface area contributed by atoms with Gasteiger partial charge < -0.3 is 10.1 Å². The number of anilines is 1. The topological polar surface area (TPSA) is 21.3 Å². The number of hydrogen-bond acceptors (Lipinski definition) is 2. The van der Waals surface area contributed by atoms with Crippen LogP contribution in [0.15, 0.2) is 24.3 Å². The van der Waals surface area contributed by atoms with Crippen molar-refractivity contribution >= 4 is 5.69 Å². The molecule has 0 saturated heterocycles. The number of para-hydroxylation sites is 2. The molecule has 0 unspecified atom stereocenters. The molecule has 18 heavy (non-hydrogen) atoms. The Morgan fingerprint density at radius 3 is 2.50 bits per heavy atom. The zero-order valence-electron chi connectivity index (χ0n) is 9.96. The van der Waals surface area contributed by atoms with E-state index in [2.05, 4.69) is 5.32 Å². The Balaban J connectivity index is 2.00. The molecule has 0 bridgehead atoms. The van der Waals surface area contributed by atoms with Gasteiger partial charge in [-0.25, -0.2) is 0 Å². The van der Waals surface area contributed by atoms with Crippen LogP contribution in [0.1, 0.15) is 25.7 Å². The van der Waals surface area contributed by atoms with Gasteiger partial charge in [-0.05, 0) is 25.0 Å². The van der Waals surface area contributed by atoms with E-state index in [-0.39, 0.29) is 5.75 Å². The van der Waals surface area contributed by atoms with Gasteiger partial charge in [-0.3, -0.25) is 0 Å². The summed E-state index contributed by atoms with van der Waals surface area (Å²) in [6.07, 6.45) is 0.161. The van der Waals surface area contributed by atoms with Crippen LogP contribution in [0, 0.1) is 0 Å². The zero-order valence-corrected chi connectivity index (χ0v) is 9.96. The fourth-order valence-electron chi connectivity index (χ4n) is 2.16. The van der Waals surface area contributed by atoms with Crippen molar-refractivity contribution in [1.29, 1.82) is 0 Å². The van der Waals surface area contributed by atoms with Crippen LogP contribution < -0.4 is 10.1 Å². The number of rotatable bonds is 4. The zero-order chi connectivity index (χ0) is 13.0. The molecule has 1 aromatic rings. The molecular formula is C13H16F3NO.